The summed E-state index contributed by atoms with van der Waals surface area (Å²) in [6.07, 6.45) is 0. The van der Waals surface area contributed by atoms with Crippen LogP contribution in [0.4, 0.5) is 0 Å². The maximum Gasteiger partial charge on any atom is 0.333 e. The van der Waals surface area contributed by atoms with E-state index in [2.05, 4.69) is 13.8 Å². The van der Waals surface area contributed by atoms with Gasteiger partial charge in [-0.2, -0.15) is 0 Å². The molecule has 0 N–H and O–H groups in total. The largest absolute Gasteiger partial charge is 0.387 e. The van der Waals surface area contributed by atoms with Crippen LogP contribution in [-0.4, -0.2) is 45.3 Å². The van der Waals surface area contributed by atoms with Crippen LogP contribution in [0.15, 0.2) is 11.1 Å². The van der Waals surface area contributed by atoms with Crippen molar-refractivity contribution in [2.24, 2.45) is 5.41 Å². The number of rotatable bonds is 0. The molecule has 0 aromatic carbocycles. The minimum absolute atomic E-state index is 0.0605. The van der Waals surface area contributed by atoms with E-state index in [4.69, 9.17) is 17.7 Å². The van der Waals surface area contributed by atoms with Crippen molar-refractivity contribution >= 4 is 22.9 Å². The molecule has 27 heavy (non-hydrogen) atoms. The van der Waals surface area contributed by atoms with Crippen LogP contribution in [0.25, 0.3) is 0 Å². The minimum Gasteiger partial charge on any atom is -0.387 e. The van der Waals surface area contributed by atoms with E-state index in [0.717, 1.165) is 11.1 Å². The normalized spacial score (nSPS) is 37.4. The van der Waals surface area contributed by atoms with E-state index >= 15 is 0 Å². The molecule has 1 atom stereocenters. The van der Waals surface area contributed by atoms with Gasteiger partial charge in [-0.3, -0.25) is 4.79 Å². The molecule has 2 saturated heterocycles. The highest BCUT2D eigenvalue weighted by Gasteiger charge is 2.79. The third-order valence-corrected chi connectivity index (χ3v) is 9.94. The predicted molar refractivity (Wildman–Crippen MR) is 110 cm³/mol. The van der Waals surface area contributed by atoms with Crippen LogP contribution in [0.2, 0.25) is 26.2 Å². The van der Waals surface area contributed by atoms with E-state index in [9.17, 15) is 4.79 Å². The standard InChI is InChI=1S/C20H36O5Si2/c1-16(2)13-14-17(3,4)23-27(11,12)25-19(7,8)20(13,14)15(21)18(5,6)24-26(9,10)22-16/h1-12H3/t20-/m0/s1. The van der Waals surface area contributed by atoms with Crippen molar-refractivity contribution < 1.29 is 22.5 Å². The molecule has 1 spiro atoms. The highest BCUT2D eigenvalue weighted by atomic mass is 28.4. The average Bonchev–Trinajstić information content (AvgIpc) is 3.03. The van der Waals surface area contributed by atoms with E-state index < -0.39 is 44.9 Å². The lowest BCUT2D eigenvalue weighted by Crippen LogP contribution is -2.62. The first kappa shape index (κ1) is 21.4. The molecular weight excluding hydrogens is 376 g/mol. The Morgan fingerprint density at radius 3 is 1.33 bits per heavy atom. The van der Waals surface area contributed by atoms with Crippen LogP contribution >= 0.6 is 0 Å². The zero-order valence-corrected chi connectivity index (χ0v) is 21.0. The quantitative estimate of drug-likeness (QED) is 0.434. The minimum atomic E-state index is -2.53. The van der Waals surface area contributed by atoms with E-state index in [1.54, 1.807) is 0 Å². The van der Waals surface area contributed by atoms with Gasteiger partial charge in [0.1, 0.15) is 11.0 Å². The summed E-state index contributed by atoms with van der Waals surface area (Å²) < 4.78 is 26.1. The monoisotopic (exact) mass is 412 g/mol. The lowest BCUT2D eigenvalue weighted by molar-refractivity contribution is -0.150. The van der Waals surface area contributed by atoms with Gasteiger partial charge in [0.15, 0.2) is 5.78 Å². The summed E-state index contributed by atoms with van der Waals surface area (Å²) in [6, 6.07) is 0. The first-order chi connectivity index (χ1) is 11.7. The second kappa shape index (κ2) is 5.23. The molecule has 2 aliphatic heterocycles. The molecule has 0 unspecified atom stereocenters. The Bertz CT molecular complexity index is 737. The number of ketones is 1. The van der Waals surface area contributed by atoms with Gasteiger partial charge < -0.3 is 17.7 Å². The molecule has 2 fully saturated rings. The maximum absolute atomic E-state index is 14.1. The fourth-order valence-corrected chi connectivity index (χ4v) is 11.5. The van der Waals surface area contributed by atoms with E-state index in [-0.39, 0.29) is 5.78 Å². The van der Waals surface area contributed by atoms with E-state index in [0.29, 0.717) is 0 Å². The number of carbonyl (C=O) groups is 1. The zero-order chi connectivity index (χ0) is 21.1. The maximum atomic E-state index is 14.1. The molecule has 0 amide bonds. The molecule has 7 heteroatoms. The number of Topliss-reactive ketones (excluding diaryl/α,β-unsaturated/α-hetero) is 1. The van der Waals surface area contributed by atoms with Gasteiger partial charge in [0, 0.05) is 0 Å². The molecule has 0 saturated carbocycles. The van der Waals surface area contributed by atoms with Crippen LogP contribution in [0.3, 0.4) is 0 Å². The predicted octanol–water partition coefficient (Wildman–Crippen LogP) is 4.46. The van der Waals surface area contributed by atoms with Crippen molar-refractivity contribution in [3.63, 3.8) is 0 Å². The summed E-state index contributed by atoms with van der Waals surface area (Å²) in [5.74, 6) is 0.0605. The lowest BCUT2D eigenvalue weighted by atomic mass is 9.69. The first-order valence-electron chi connectivity index (χ1n) is 9.84. The van der Waals surface area contributed by atoms with Crippen LogP contribution < -0.4 is 0 Å². The Balaban J connectivity index is 2.33. The molecule has 3 rings (SSSR count). The van der Waals surface area contributed by atoms with Crippen molar-refractivity contribution in [1.82, 2.24) is 0 Å². The van der Waals surface area contributed by atoms with Gasteiger partial charge in [0.25, 0.3) is 0 Å². The molecular formula is C20H36O5Si2. The third-order valence-electron chi connectivity index (χ3n) is 5.94. The van der Waals surface area contributed by atoms with Crippen molar-refractivity contribution in [1.29, 1.82) is 0 Å². The van der Waals surface area contributed by atoms with Crippen molar-refractivity contribution in [3.05, 3.63) is 11.1 Å². The number of hydrogen-bond acceptors (Lipinski definition) is 5. The molecule has 1 aliphatic carbocycles. The summed E-state index contributed by atoms with van der Waals surface area (Å²) in [7, 11) is -4.97. The molecule has 154 valence electrons. The van der Waals surface area contributed by atoms with Gasteiger partial charge in [-0.05, 0) is 92.7 Å². The highest BCUT2D eigenvalue weighted by Crippen LogP contribution is 2.72. The lowest BCUT2D eigenvalue weighted by Gasteiger charge is -2.48. The van der Waals surface area contributed by atoms with Crippen molar-refractivity contribution in [2.75, 3.05) is 0 Å². The van der Waals surface area contributed by atoms with Gasteiger partial charge >= 0.3 is 17.1 Å². The Labute approximate surface area is 166 Å². The van der Waals surface area contributed by atoms with Crippen LogP contribution in [0.5, 0.6) is 0 Å². The van der Waals surface area contributed by atoms with E-state index in [1.165, 1.54) is 0 Å². The number of hydrogen-bond donors (Lipinski definition) is 0. The van der Waals surface area contributed by atoms with Crippen LogP contribution in [0.1, 0.15) is 55.4 Å². The van der Waals surface area contributed by atoms with Crippen molar-refractivity contribution in [3.8, 4) is 0 Å². The topological polar surface area (TPSA) is 54.0 Å². The van der Waals surface area contributed by atoms with Gasteiger partial charge in [0.2, 0.25) is 0 Å². The third kappa shape index (κ3) is 2.88. The summed E-state index contributed by atoms with van der Waals surface area (Å²) in [5, 5.41) is 0. The Morgan fingerprint density at radius 2 is 0.926 bits per heavy atom. The van der Waals surface area contributed by atoms with Gasteiger partial charge in [-0.15, -0.1) is 0 Å². The average molecular weight is 413 g/mol. The molecule has 0 aromatic rings. The molecule has 0 bridgehead atoms. The number of carbonyl (C=O) groups excluding carboxylic acids is 1. The molecule has 0 radical (unpaired) electrons. The Kier molecular flexibility index (Phi) is 4.15. The fraction of sp³-hybridized carbons (Fsp3) is 0.850. The summed E-state index contributed by atoms with van der Waals surface area (Å²) in [6.45, 7) is 24.1. The molecule has 5 nitrogen and oxygen atoms in total. The second-order valence-corrected chi connectivity index (χ2v) is 17.5. The summed E-state index contributed by atoms with van der Waals surface area (Å²) in [4.78, 5) is 14.1. The molecule has 0 aromatic heterocycles. The molecule has 2 heterocycles. The Morgan fingerprint density at radius 1 is 0.593 bits per heavy atom. The summed E-state index contributed by atoms with van der Waals surface area (Å²) in [5.41, 5.74) is -1.74. The summed E-state index contributed by atoms with van der Waals surface area (Å²) >= 11 is 0. The van der Waals surface area contributed by atoms with Gasteiger partial charge in [-0.1, -0.05) is 0 Å². The van der Waals surface area contributed by atoms with Gasteiger partial charge in [0.05, 0.1) is 16.8 Å². The Hall–Kier alpha value is -0.316. The fourth-order valence-electron chi connectivity index (χ4n) is 6.07. The van der Waals surface area contributed by atoms with Crippen LogP contribution in [0, 0.1) is 5.41 Å². The van der Waals surface area contributed by atoms with Crippen LogP contribution in [-0.2, 0) is 22.5 Å². The van der Waals surface area contributed by atoms with Gasteiger partial charge in [-0.25, -0.2) is 0 Å². The van der Waals surface area contributed by atoms with E-state index in [1.807, 2.05) is 67.7 Å². The zero-order valence-electron chi connectivity index (χ0n) is 19.0. The van der Waals surface area contributed by atoms with Crippen molar-refractivity contribution in [2.45, 2.75) is 104 Å². The SMILES string of the molecule is CC1(C)O[Si](C)(C)OC(C)(C)C2=C3C(C)(C)O[Si](C)(C)OC(C)(C)[C@@]23C1=O. The smallest absolute Gasteiger partial charge is 0.333 e. The first-order valence-corrected chi connectivity index (χ1v) is 15.5. The molecule has 3 aliphatic rings. The highest BCUT2D eigenvalue weighted by molar-refractivity contribution is 6.65. The second-order valence-electron chi connectivity index (χ2n) is 11.1.